The van der Waals surface area contributed by atoms with Gasteiger partial charge in [-0.3, -0.25) is 10.2 Å². The molecule has 0 bridgehead atoms. The Morgan fingerprint density at radius 2 is 2.14 bits per heavy atom. The fraction of sp³-hybridized carbons (Fsp3) is 0.375. The van der Waals surface area contributed by atoms with Gasteiger partial charge in [-0.2, -0.15) is 0 Å². The number of aryl methyl sites for hydroxylation is 1. The molecule has 0 atom stereocenters. The van der Waals surface area contributed by atoms with Gasteiger partial charge in [0.1, 0.15) is 6.29 Å². The zero-order chi connectivity index (χ0) is 15.9. The van der Waals surface area contributed by atoms with Gasteiger partial charge in [-0.25, -0.2) is 5.01 Å². The van der Waals surface area contributed by atoms with Gasteiger partial charge >= 0.3 is 0 Å². The Hall–Kier alpha value is -2.18. The van der Waals surface area contributed by atoms with E-state index in [0.717, 1.165) is 23.1 Å². The Morgan fingerprint density at radius 1 is 1.36 bits per heavy atom. The maximum absolute atomic E-state index is 11.7. The Kier molecular flexibility index (Phi) is 5.68. The smallest absolute Gasteiger partial charge is 0.222 e. The van der Waals surface area contributed by atoms with E-state index in [1.807, 2.05) is 31.2 Å². The number of nitrogens with zero attached hydrogens (tertiary/aromatic N) is 2. The Morgan fingerprint density at radius 3 is 2.86 bits per heavy atom. The monoisotopic (exact) mass is 302 g/mol. The number of carbonyl (C=O) groups is 2. The molecule has 0 aliphatic carbocycles. The van der Waals surface area contributed by atoms with Gasteiger partial charge in [0.2, 0.25) is 5.91 Å². The Bertz CT molecular complexity index is 651. The number of aromatic nitrogens is 1. The van der Waals surface area contributed by atoms with Crippen molar-refractivity contribution >= 4 is 23.1 Å². The molecule has 0 aliphatic rings. The molecule has 2 rings (SSSR count). The molecule has 0 radical (unpaired) electrons. The van der Waals surface area contributed by atoms with Crippen molar-refractivity contribution in [3.05, 3.63) is 36.0 Å². The number of hydrogen-bond donors (Lipinski definition) is 2. The number of benzene rings is 1. The predicted molar refractivity (Wildman–Crippen MR) is 86.2 cm³/mol. The Labute approximate surface area is 130 Å². The molecule has 22 heavy (non-hydrogen) atoms. The van der Waals surface area contributed by atoms with Gasteiger partial charge in [0.15, 0.2) is 0 Å². The Balaban J connectivity index is 2.19. The number of hydrazine groups is 1. The number of rotatable bonds is 8. The summed E-state index contributed by atoms with van der Waals surface area (Å²) in [5, 5.41) is 5.72. The first-order valence-corrected chi connectivity index (χ1v) is 7.31. The highest BCUT2D eigenvalue weighted by molar-refractivity contribution is 5.82. The van der Waals surface area contributed by atoms with Gasteiger partial charge in [0.25, 0.3) is 0 Å². The van der Waals surface area contributed by atoms with Crippen LogP contribution in [0.3, 0.4) is 0 Å². The summed E-state index contributed by atoms with van der Waals surface area (Å²) in [7, 11) is 3.85. The van der Waals surface area contributed by atoms with Gasteiger partial charge in [0.05, 0.1) is 13.1 Å². The summed E-state index contributed by atoms with van der Waals surface area (Å²) in [5.74, 6) is -0.113. The van der Waals surface area contributed by atoms with Crippen LogP contribution in [0.15, 0.2) is 30.3 Å². The molecule has 0 fully saturated rings. The second-order valence-corrected chi connectivity index (χ2v) is 5.15. The van der Waals surface area contributed by atoms with Crippen molar-refractivity contribution in [2.24, 2.45) is 0 Å². The predicted octanol–water partition coefficient (Wildman–Crippen LogP) is 0.913. The molecule has 2 N–H and O–H groups in total. The van der Waals surface area contributed by atoms with Gasteiger partial charge in [-0.1, -0.05) is 18.2 Å². The maximum Gasteiger partial charge on any atom is 0.222 e. The second kappa shape index (κ2) is 7.72. The second-order valence-electron chi connectivity index (χ2n) is 5.15. The zero-order valence-corrected chi connectivity index (χ0v) is 13.0. The number of aldehydes is 1. The number of carbonyl (C=O) groups excluding carboxylic acids is 2. The van der Waals surface area contributed by atoms with Crippen molar-refractivity contribution < 1.29 is 9.59 Å². The highest BCUT2D eigenvalue weighted by atomic mass is 16.2. The minimum absolute atomic E-state index is 0.0700. The standard InChI is InChI=1S/C16H22N4O2/c1-17-19(2)12-14-11-13-5-3-4-6-15(13)20(14)9-7-16(22)18-8-10-21/h3-6,10-11,17H,7-9,12H2,1-2H3,(H,18,22). The number of amides is 1. The number of hydrogen-bond acceptors (Lipinski definition) is 4. The van der Waals surface area contributed by atoms with E-state index in [9.17, 15) is 9.59 Å². The summed E-state index contributed by atoms with van der Waals surface area (Å²) in [6.45, 7) is 1.40. The SMILES string of the molecule is CNN(C)Cc1cc2ccccc2n1CCC(=O)NCC=O. The molecular weight excluding hydrogens is 280 g/mol. The minimum Gasteiger partial charge on any atom is -0.349 e. The van der Waals surface area contributed by atoms with Crippen LogP contribution in [0.2, 0.25) is 0 Å². The van der Waals surface area contributed by atoms with E-state index in [4.69, 9.17) is 0 Å². The average Bonchev–Trinajstić information content (AvgIpc) is 2.87. The fourth-order valence-corrected chi connectivity index (χ4v) is 2.44. The van der Waals surface area contributed by atoms with Crippen LogP contribution in [-0.4, -0.2) is 42.4 Å². The molecular formula is C16H22N4O2. The lowest BCUT2D eigenvalue weighted by atomic mass is 10.2. The number of para-hydroxylation sites is 1. The fourth-order valence-electron chi connectivity index (χ4n) is 2.44. The van der Waals surface area contributed by atoms with Gasteiger partial charge in [0, 0.05) is 31.2 Å². The molecule has 1 aromatic heterocycles. The van der Waals surface area contributed by atoms with E-state index in [1.165, 1.54) is 0 Å². The van der Waals surface area contributed by atoms with Crippen molar-refractivity contribution in [1.29, 1.82) is 0 Å². The molecule has 2 aromatic rings. The van der Waals surface area contributed by atoms with Crippen LogP contribution in [-0.2, 0) is 22.7 Å². The molecule has 1 heterocycles. The molecule has 0 saturated heterocycles. The molecule has 118 valence electrons. The summed E-state index contributed by atoms with van der Waals surface area (Å²) >= 11 is 0. The summed E-state index contributed by atoms with van der Waals surface area (Å²) in [4.78, 5) is 22.0. The lowest BCUT2D eigenvalue weighted by Crippen LogP contribution is -2.31. The quantitative estimate of drug-likeness (QED) is 0.562. The highest BCUT2D eigenvalue weighted by Gasteiger charge is 2.11. The summed E-state index contributed by atoms with van der Waals surface area (Å²) in [5.41, 5.74) is 5.34. The van der Waals surface area contributed by atoms with Crippen LogP contribution < -0.4 is 10.7 Å². The molecule has 0 spiro atoms. The molecule has 0 saturated carbocycles. The van der Waals surface area contributed by atoms with Crippen molar-refractivity contribution in [3.63, 3.8) is 0 Å². The number of fused-ring (bicyclic) bond motifs is 1. The van der Waals surface area contributed by atoms with Crippen LogP contribution in [0.1, 0.15) is 12.1 Å². The summed E-state index contributed by atoms with van der Waals surface area (Å²) < 4.78 is 2.16. The normalized spacial score (nSPS) is 11.0. The first-order chi connectivity index (χ1) is 10.7. The largest absolute Gasteiger partial charge is 0.349 e. The first-order valence-electron chi connectivity index (χ1n) is 7.31. The average molecular weight is 302 g/mol. The third-order valence-corrected chi connectivity index (χ3v) is 3.62. The lowest BCUT2D eigenvalue weighted by molar-refractivity contribution is -0.122. The van der Waals surface area contributed by atoms with E-state index in [0.29, 0.717) is 19.3 Å². The van der Waals surface area contributed by atoms with Crippen molar-refractivity contribution in [1.82, 2.24) is 20.3 Å². The van der Waals surface area contributed by atoms with Crippen LogP contribution in [0, 0.1) is 0 Å². The highest BCUT2D eigenvalue weighted by Crippen LogP contribution is 2.21. The van der Waals surface area contributed by atoms with E-state index >= 15 is 0 Å². The van der Waals surface area contributed by atoms with E-state index in [-0.39, 0.29) is 12.5 Å². The number of nitrogens with one attached hydrogen (secondary N) is 2. The molecule has 0 aliphatic heterocycles. The van der Waals surface area contributed by atoms with Gasteiger partial charge in [-0.15, -0.1) is 0 Å². The third kappa shape index (κ3) is 3.93. The maximum atomic E-state index is 11.7. The van der Waals surface area contributed by atoms with Crippen molar-refractivity contribution in [2.75, 3.05) is 20.6 Å². The molecule has 1 aromatic carbocycles. The molecule has 0 unspecified atom stereocenters. The molecule has 6 heteroatoms. The third-order valence-electron chi connectivity index (χ3n) is 3.62. The topological polar surface area (TPSA) is 66.4 Å². The van der Waals surface area contributed by atoms with Crippen molar-refractivity contribution in [2.45, 2.75) is 19.5 Å². The van der Waals surface area contributed by atoms with E-state index < -0.39 is 0 Å². The van der Waals surface area contributed by atoms with Gasteiger partial charge < -0.3 is 14.7 Å². The van der Waals surface area contributed by atoms with Crippen LogP contribution >= 0.6 is 0 Å². The van der Waals surface area contributed by atoms with Crippen molar-refractivity contribution in [3.8, 4) is 0 Å². The van der Waals surface area contributed by atoms with E-state index in [1.54, 1.807) is 0 Å². The van der Waals surface area contributed by atoms with E-state index in [2.05, 4.69) is 33.5 Å². The van der Waals surface area contributed by atoms with Gasteiger partial charge in [-0.05, 0) is 24.6 Å². The molecule has 6 nitrogen and oxygen atoms in total. The van der Waals surface area contributed by atoms with Crippen LogP contribution in [0.5, 0.6) is 0 Å². The van der Waals surface area contributed by atoms with Crippen LogP contribution in [0.4, 0.5) is 0 Å². The first kappa shape index (κ1) is 16.2. The molecule has 1 amide bonds. The summed E-state index contributed by atoms with van der Waals surface area (Å²) in [6.07, 6.45) is 1.04. The minimum atomic E-state index is -0.113. The van der Waals surface area contributed by atoms with Crippen LogP contribution in [0.25, 0.3) is 10.9 Å². The lowest BCUT2D eigenvalue weighted by Gasteiger charge is -2.17. The summed E-state index contributed by atoms with van der Waals surface area (Å²) in [6, 6.07) is 10.3. The zero-order valence-electron chi connectivity index (χ0n) is 13.0.